The maximum Gasteiger partial charge on any atom is 0.202 e. The zero-order chi connectivity index (χ0) is 23.0. The molecule has 11 heteroatoms. The van der Waals surface area contributed by atoms with Gasteiger partial charge in [-0.05, 0) is 44.1 Å². The van der Waals surface area contributed by atoms with Gasteiger partial charge in [0.1, 0.15) is 19.2 Å². The summed E-state index contributed by atoms with van der Waals surface area (Å²) in [6.45, 7) is 1.35. The average Bonchev–Trinajstić information content (AvgIpc) is 3.55. The summed E-state index contributed by atoms with van der Waals surface area (Å²) in [6.07, 6.45) is 1.68. The summed E-state index contributed by atoms with van der Waals surface area (Å²) in [5.41, 5.74) is 3.51. The lowest BCUT2D eigenvalue weighted by atomic mass is 10.2. The van der Waals surface area contributed by atoms with Crippen LogP contribution in [0.5, 0.6) is 0 Å². The molecule has 170 valence electrons. The lowest BCUT2D eigenvalue weighted by Gasteiger charge is -2.08. The van der Waals surface area contributed by atoms with Crippen LogP contribution in [-0.2, 0) is 36.1 Å². The summed E-state index contributed by atoms with van der Waals surface area (Å²) in [5, 5.41) is 23.7. The van der Waals surface area contributed by atoms with Crippen molar-refractivity contribution in [2.75, 3.05) is 0 Å². The topological polar surface area (TPSA) is 119 Å². The van der Waals surface area contributed by atoms with Crippen molar-refractivity contribution in [1.29, 1.82) is 0 Å². The number of aromatic nitrogens is 9. The van der Waals surface area contributed by atoms with Crippen molar-refractivity contribution in [3.8, 4) is 22.9 Å². The largest absolute Gasteiger partial charge is 0.354 e. The molecule has 0 bridgehead atoms. The molecule has 5 aromatic rings. The Balaban J connectivity index is 1.22. The Morgan fingerprint density at radius 3 is 1.74 bits per heavy atom. The van der Waals surface area contributed by atoms with Gasteiger partial charge in [-0.15, -0.1) is 10.2 Å². The fourth-order valence-electron chi connectivity index (χ4n) is 3.28. The molecule has 0 unspecified atom stereocenters. The predicted molar refractivity (Wildman–Crippen MR) is 120 cm³/mol. The molecule has 3 heterocycles. The standard InChI is InChI=1S/C23H21N9O2/c1-3-7-18(8-4-1)14-33-16-31-22(25-27-29-31)20-11-12-21(24-13-20)23-26-28-30-32(23)17-34-15-19-9-5-2-6-10-19/h1-13H,14-17H2. The normalized spacial score (nSPS) is 11.1. The van der Waals surface area contributed by atoms with Crippen LogP contribution in [0.3, 0.4) is 0 Å². The molecule has 0 aliphatic carbocycles. The van der Waals surface area contributed by atoms with Crippen molar-refractivity contribution in [3.63, 3.8) is 0 Å². The molecule has 0 fully saturated rings. The third-order valence-electron chi connectivity index (χ3n) is 4.96. The number of benzene rings is 2. The van der Waals surface area contributed by atoms with E-state index in [0.29, 0.717) is 30.6 Å². The molecule has 0 saturated heterocycles. The predicted octanol–water partition coefficient (Wildman–Crippen LogP) is 2.74. The Morgan fingerprint density at radius 2 is 1.18 bits per heavy atom. The number of rotatable bonds is 10. The molecule has 11 nitrogen and oxygen atoms in total. The molecule has 0 aliphatic rings. The minimum Gasteiger partial charge on any atom is -0.354 e. The summed E-state index contributed by atoms with van der Waals surface area (Å²) in [5.74, 6) is 1.06. The van der Waals surface area contributed by atoms with Crippen LogP contribution in [-0.4, -0.2) is 45.4 Å². The highest BCUT2D eigenvalue weighted by Gasteiger charge is 2.14. The molecular weight excluding hydrogens is 434 g/mol. The van der Waals surface area contributed by atoms with E-state index in [1.807, 2.05) is 72.8 Å². The SMILES string of the molecule is c1ccc(COCn2nnnc2-c2ccc(-c3nnnn3COCc3ccccc3)nc2)cc1. The first-order valence-electron chi connectivity index (χ1n) is 10.6. The van der Waals surface area contributed by atoms with Gasteiger partial charge in [0.25, 0.3) is 0 Å². The van der Waals surface area contributed by atoms with Crippen molar-refractivity contribution >= 4 is 0 Å². The van der Waals surface area contributed by atoms with Gasteiger partial charge in [0.2, 0.25) is 5.82 Å². The molecule has 0 atom stereocenters. The molecule has 34 heavy (non-hydrogen) atoms. The van der Waals surface area contributed by atoms with E-state index in [9.17, 15) is 0 Å². The minimum atomic E-state index is 0.206. The van der Waals surface area contributed by atoms with Gasteiger partial charge in [-0.25, -0.2) is 0 Å². The van der Waals surface area contributed by atoms with Gasteiger partial charge in [0.05, 0.1) is 13.2 Å². The lowest BCUT2D eigenvalue weighted by Crippen LogP contribution is -2.08. The molecule has 0 spiro atoms. The van der Waals surface area contributed by atoms with Crippen LogP contribution in [0, 0.1) is 0 Å². The van der Waals surface area contributed by atoms with Crippen LogP contribution in [0.1, 0.15) is 11.1 Å². The summed E-state index contributed by atoms with van der Waals surface area (Å²) in [6, 6.07) is 23.5. The van der Waals surface area contributed by atoms with Gasteiger partial charge in [0, 0.05) is 11.8 Å². The Morgan fingerprint density at radius 1 is 0.618 bits per heavy atom. The van der Waals surface area contributed by atoms with Crippen LogP contribution in [0.25, 0.3) is 22.9 Å². The van der Waals surface area contributed by atoms with Gasteiger partial charge in [-0.2, -0.15) is 9.36 Å². The molecule has 3 aromatic heterocycles. The molecule has 0 amide bonds. The van der Waals surface area contributed by atoms with Crippen LogP contribution >= 0.6 is 0 Å². The van der Waals surface area contributed by atoms with Gasteiger partial charge < -0.3 is 9.47 Å². The van der Waals surface area contributed by atoms with E-state index in [1.54, 1.807) is 15.6 Å². The molecule has 0 aliphatic heterocycles. The van der Waals surface area contributed by atoms with Gasteiger partial charge in [-0.3, -0.25) is 4.98 Å². The number of pyridine rings is 1. The monoisotopic (exact) mass is 455 g/mol. The second-order valence-electron chi connectivity index (χ2n) is 7.36. The highest BCUT2D eigenvalue weighted by molar-refractivity contribution is 5.58. The van der Waals surface area contributed by atoms with Crippen LogP contribution < -0.4 is 0 Å². The first kappa shape index (κ1) is 21.5. The van der Waals surface area contributed by atoms with Gasteiger partial charge >= 0.3 is 0 Å². The number of hydrogen-bond donors (Lipinski definition) is 0. The van der Waals surface area contributed by atoms with Crippen molar-refractivity contribution in [2.24, 2.45) is 0 Å². The summed E-state index contributed by atoms with van der Waals surface area (Å²) in [4.78, 5) is 4.50. The third kappa shape index (κ3) is 5.17. The van der Waals surface area contributed by atoms with Crippen molar-refractivity contribution in [2.45, 2.75) is 26.7 Å². The molecule has 2 aromatic carbocycles. The maximum absolute atomic E-state index is 5.75. The number of nitrogens with zero attached hydrogens (tertiary/aromatic N) is 9. The lowest BCUT2D eigenvalue weighted by molar-refractivity contribution is 0.0559. The fraction of sp³-hybridized carbons (Fsp3) is 0.174. The molecule has 0 radical (unpaired) electrons. The van der Waals surface area contributed by atoms with Gasteiger partial charge in [0.15, 0.2) is 5.82 Å². The Kier molecular flexibility index (Phi) is 6.64. The minimum absolute atomic E-state index is 0.206. The zero-order valence-electron chi connectivity index (χ0n) is 18.2. The highest BCUT2D eigenvalue weighted by Crippen LogP contribution is 2.19. The second-order valence-corrected chi connectivity index (χ2v) is 7.36. The van der Waals surface area contributed by atoms with Crippen LogP contribution in [0.2, 0.25) is 0 Å². The van der Waals surface area contributed by atoms with E-state index in [1.165, 1.54) is 0 Å². The number of hydrogen-bond acceptors (Lipinski definition) is 9. The van der Waals surface area contributed by atoms with E-state index in [-0.39, 0.29) is 13.5 Å². The van der Waals surface area contributed by atoms with E-state index in [2.05, 4.69) is 36.0 Å². The van der Waals surface area contributed by atoms with Crippen LogP contribution in [0.15, 0.2) is 79.0 Å². The first-order chi connectivity index (χ1) is 16.9. The van der Waals surface area contributed by atoms with E-state index < -0.39 is 0 Å². The molecular formula is C23H21N9O2. The van der Waals surface area contributed by atoms with Crippen LogP contribution in [0.4, 0.5) is 0 Å². The fourth-order valence-corrected chi connectivity index (χ4v) is 3.28. The zero-order valence-corrected chi connectivity index (χ0v) is 18.2. The van der Waals surface area contributed by atoms with E-state index >= 15 is 0 Å². The summed E-state index contributed by atoms with van der Waals surface area (Å²) in [7, 11) is 0. The molecule has 0 N–H and O–H groups in total. The van der Waals surface area contributed by atoms with Crippen molar-refractivity contribution in [3.05, 3.63) is 90.1 Å². The summed E-state index contributed by atoms with van der Waals surface area (Å²) < 4.78 is 14.6. The Bertz CT molecular complexity index is 1200. The summed E-state index contributed by atoms with van der Waals surface area (Å²) >= 11 is 0. The Hall–Kier alpha value is -4.35. The number of ether oxygens (including phenoxy) is 2. The second kappa shape index (κ2) is 10.5. The van der Waals surface area contributed by atoms with Gasteiger partial charge in [-0.1, -0.05) is 60.7 Å². The first-order valence-corrected chi connectivity index (χ1v) is 10.6. The van der Waals surface area contributed by atoms with E-state index in [0.717, 1.165) is 16.7 Å². The average molecular weight is 455 g/mol. The van der Waals surface area contributed by atoms with E-state index in [4.69, 9.17) is 9.47 Å². The molecule has 5 rings (SSSR count). The highest BCUT2D eigenvalue weighted by atomic mass is 16.5. The maximum atomic E-state index is 5.75. The number of tetrazole rings is 2. The van der Waals surface area contributed by atoms with Crippen molar-refractivity contribution in [1.82, 2.24) is 45.4 Å². The smallest absolute Gasteiger partial charge is 0.202 e. The van der Waals surface area contributed by atoms with Crippen molar-refractivity contribution < 1.29 is 9.47 Å². The molecule has 0 saturated carbocycles. The quantitative estimate of drug-likeness (QED) is 0.313. The third-order valence-corrected chi connectivity index (χ3v) is 4.96. The Labute approximate surface area is 195 Å².